The lowest BCUT2D eigenvalue weighted by Gasteiger charge is -2.20. The van der Waals surface area contributed by atoms with Crippen LogP contribution in [-0.2, 0) is 0 Å². The first-order chi connectivity index (χ1) is 10.2. The highest BCUT2D eigenvalue weighted by Crippen LogP contribution is 2.30. The van der Waals surface area contributed by atoms with Crippen molar-refractivity contribution >= 4 is 11.7 Å². The van der Waals surface area contributed by atoms with E-state index in [1.807, 2.05) is 6.92 Å². The summed E-state index contributed by atoms with van der Waals surface area (Å²) in [5, 5.41) is 14.4. The minimum Gasteiger partial charge on any atom is -0.486 e. The Kier molecular flexibility index (Phi) is 4.86. The molecule has 1 amide bonds. The number of benzene rings is 1. The van der Waals surface area contributed by atoms with Crippen LogP contribution in [0.5, 0.6) is 11.5 Å². The Hall–Kier alpha value is -2.44. The van der Waals surface area contributed by atoms with E-state index in [4.69, 9.17) is 20.4 Å². The quantitative estimate of drug-likeness (QED) is 0.326. The zero-order chi connectivity index (χ0) is 15.2. The van der Waals surface area contributed by atoms with Gasteiger partial charge >= 0.3 is 0 Å². The number of fused-ring (bicyclic) bond motifs is 1. The van der Waals surface area contributed by atoms with E-state index < -0.39 is 6.04 Å². The van der Waals surface area contributed by atoms with Gasteiger partial charge in [0.15, 0.2) is 17.3 Å². The minimum atomic E-state index is -0.499. The first-order valence-electron chi connectivity index (χ1n) is 6.83. The Balaban J connectivity index is 2.12. The molecule has 1 aliphatic rings. The van der Waals surface area contributed by atoms with Gasteiger partial charge in [0.1, 0.15) is 13.2 Å². The van der Waals surface area contributed by atoms with E-state index in [1.54, 1.807) is 18.2 Å². The van der Waals surface area contributed by atoms with Crippen molar-refractivity contribution in [3.63, 3.8) is 0 Å². The van der Waals surface area contributed by atoms with Gasteiger partial charge in [-0.25, -0.2) is 0 Å². The van der Waals surface area contributed by atoms with Crippen molar-refractivity contribution < 1.29 is 19.5 Å². The van der Waals surface area contributed by atoms with E-state index in [9.17, 15) is 4.79 Å². The molecule has 0 aliphatic carbocycles. The lowest BCUT2D eigenvalue weighted by Crippen LogP contribution is -2.44. The number of nitrogens with two attached hydrogens (primary N) is 1. The van der Waals surface area contributed by atoms with Gasteiger partial charge < -0.3 is 25.7 Å². The number of oxime groups is 1. The van der Waals surface area contributed by atoms with Crippen molar-refractivity contribution in [2.75, 3.05) is 13.2 Å². The third-order valence-electron chi connectivity index (χ3n) is 3.16. The second-order valence-corrected chi connectivity index (χ2v) is 4.70. The van der Waals surface area contributed by atoms with Crippen LogP contribution in [0.15, 0.2) is 23.4 Å². The van der Waals surface area contributed by atoms with Crippen LogP contribution in [0.2, 0.25) is 0 Å². The molecule has 1 atom stereocenters. The Morgan fingerprint density at radius 2 is 2.14 bits per heavy atom. The van der Waals surface area contributed by atoms with Crippen molar-refractivity contribution in [2.24, 2.45) is 10.9 Å². The van der Waals surface area contributed by atoms with Crippen molar-refractivity contribution in [1.29, 1.82) is 0 Å². The third-order valence-corrected chi connectivity index (χ3v) is 3.16. The van der Waals surface area contributed by atoms with E-state index in [2.05, 4.69) is 10.5 Å². The molecule has 0 aromatic heterocycles. The smallest absolute Gasteiger partial charge is 0.252 e. The van der Waals surface area contributed by atoms with E-state index in [1.165, 1.54) is 0 Å². The molecule has 1 aromatic carbocycles. The molecule has 1 unspecified atom stereocenters. The number of rotatable bonds is 5. The summed E-state index contributed by atoms with van der Waals surface area (Å²) in [6.07, 6.45) is 1.38. The number of nitrogens with one attached hydrogen (secondary N) is 1. The molecular weight excluding hydrogens is 274 g/mol. The maximum atomic E-state index is 12.2. The van der Waals surface area contributed by atoms with Gasteiger partial charge in [-0.15, -0.1) is 0 Å². The Bertz CT molecular complexity index is 545. The van der Waals surface area contributed by atoms with Crippen LogP contribution in [0.4, 0.5) is 0 Å². The summed E-state index contributed by atoms with van der Waals surface area (Å²) >= 11 is 0. The Morgan fingerprint density at radius 3 is 2.81 bits per heavy atom. The number of amides is 1. The number of amidine groups is 1. The van der Waals surface area contributed by atoms with Crippen molar-refractivity contribution in [3.8, 4) is 11.5 Å². The van der Waals surface area contributed by atoms with Gasteiger partial charge in [-0.3, -0.25) is 4.79 Å². The molecule has 1 aliphatic heterocycles. The molecule has 7 heteroatoms. The minimum absolute atomic E-state index is 0.0113. The van der Waals surface area contributed by atoms with Gasteiger partial charge in [0, 0.05) is 5.56 Å². The topological polar surface area (TPSA) is 106 Å². The summed E-state index contributed by atoms with van der Waals surface area (Å²) in [5.74, 6) is 0.851. The molecule has 1 aromatic rings. The molecule has 2 rings (SSSR count). The second-order valence-electron chi connectivity index (χ2n) is 4.70. The van der Waals surface area contributed by atoms with Gasteiger partial charge in [0.05, 0.1) is 6.04 Å². The van der Waals surface area contributed by atoms with Gasteiger partial charge in [-0.1, -0.05) is 18.5 Å². The molecule has 0 bridgehead atoms. The Labute approximate surface area is 122 Å². The monoisotopic (exact) mass is 293 g/mol. The molecular formula is C14H19N3O4. The van der Waals surface area contributed by atoms with Crippen LogP contribution in [-0.4, -0.2) is 36.2 Å². The van der Waals surface area contributed by atoms with Gasteiger partial charge in [0.25, 0.3) is 5.91 Å². The molecule has 0 saturated heterocycles. The van der Waals surface area contributed by atoms with E-state index in [0.717, 1.165) is 6.42 Å². The highest BCUT2D eigenvalue weighted by molar-refractivity contribution is 5.98. The van der Waals surface area contributed by atoms with E-state index in [-0.39, 0.29) is 11.7 Å². The van der Waals surface area contributed by atoms with Crippen LogP contribution in [0.25, 0.3) is 0 Å². The molecule has 21 heavy (non-hydrogen) atoms. The number of hydrogen-bond donors (Lipinski definition) is 3. The SMILES string of the molecule is CCCC(NC(=O)c1ccc2c(c1)OCCO2)/C(N)=N/O. The van der Waals surface area contributed by atoms with Crippen molar-refractivity contribution in [3.05, 3.63) is 23.8 Å². The first kappa shape index (κ1) is 15.0. The van der Waals surface area contributed by atoms with Crippen molar-refractivity contribution in [1.82, 2.24) is 5.32 Å². The molecule has 7 nitrogen and oxygen atoms in total. The van der Waals surface area contributed by atoms with Gasteiger partial charge in [0.2, 0.25) is 0 Å². The van der Waals surface area contributed by atoms with Crippen LogP contribution in [0.1, 0.15) is 30.1 Å². The molecule has 0 radical (unpaired) electrons. The predicted molar refractivity (Wildman–Crippen MR) is 77.0 cm³/mol. The lowest BCUT2D eigenvalue weighted by atomic mass is 10.1. The molecule has 4 N–H and O–H groups in total. The fourth-order valence-corrected chi connectivity index (χ4v) is 2.08. The second kappa shape index (κ2) is 6.83. The molecule has 0 spiro atoms. The average Bonchev–Trinajstić information content (AvgIpc) is 2.53. The highest BCUT2D eigenvalue weighted by Gasteiger charge is 2.19. The first-order valence-corrected chi connectivity index (χ1v) is 6.83. The number of carbonyl (C=O) groups is 1. The third kappa shape index (κ3) is 3.56. The molecule has 0 fully saturated rings. The molecule has 0 saturated carbocycles. The molecule has 114 valence electrons. The summed E-state index contributed by atoms with van der Waals surface area (Å²) in [7, 11) is 0. The van der Waals surface area contributed by atoms with E-state index in [0.29, 0.717) is 36.7 Å². The summed E-state index contributed by atoms with van der Waals surface area (Å²) in [4.78, 5) is 12.2. The van der Waals surface area contributed by atoms with Gasteiger partial charge in [-0.05, 0) is 24.6 Å². The summed E-state index contributed by atoms with van der Waals surface area (Å²) in [5.41, 5.74) is 6.02. The highest BCUT2D eigenvalue weighted by atomic mass is 16.6. The fraction of sp³-hybridized carbons (Fsp3) is 0.429. The number of hydrogen-bond acceptors (Lipinski definition) is 5. The van der Waals surface area contributed by atoms with E-state index >= 15 is 0 Å². The Morgan fingerprint density at radius 1 is 1.43 bits per heavy atom. The van der Waals surface area contributed by atoms with Crippen molar-refractivity contribution in [2.45, 2.75) is 25.8 Å². The lowest BCUT2D eigenvalue weighted by molar-refractivity contribution is 0.0943. The maximum absolute atomic E-state index is 12.2. The van der Waals surface area contributed by atoms with Crippen LogP contribution in [0, 0.1) is 0 Å². The van der Waals surface area contributed by atoms with Crippen LogP contribution >= 0.6 is 0 Å². The zero-order valence-electron chi connectivity index (χ0n) is 11.8. The van der Waals surface area contributed by atoms with Crippen LogP contribution in [0.3, 0.4) is 0 Å². The normalized spacial score (nSPS) is 15.4. The summed E-state index contributed by atoms with van der Waals surface area (Å²) in [6, 6.07) is 4.47. The average molecular weight is 293 g/mol. The predicted octanol–water partition coefficient (Wildman–Crippen LogP) is 1.10. The number of ether oxygens (including phenoxy) is 2. The number of nitrogens with zero attached hydrogens (tertiary/aromatic N) is 1. The number of carbonyl (C=O) groups excluding carboxylic acids is 1. The molecule has 1 heterocycles. The van der Waals surface area contributed by atoms with Gasteiger partial charge in [-0.2, -0.15) is 0 Å². The summed E-state index contributed by atoms with van der Waals surface area (Å²) in [6.45, 7) is 2.91. The fourth-order valence-electron chi connectivity index (χ4n) is 2.08. The largest absolute Gasteiger partial charge is 0.486 e. The summed E-state index contributed by atoms with van der Waals surface area (Å²) < 4.78 is 10.8. The van der Waals surface area contributed by atoms with Crippen LogP contribution < -0.4 is 20.5 Å². The maximum Gasteiger partial charge on any atom is 0.252 e. The zero-order valence-corrected chi connectivity index (χ0v) is 11.8. The standard InChI is InChI=1S/C14H19N3O4/c1-2-3-10(13(15)17-19)16-14(18)9-4-5-11-12(8-9)21-7-6-20-11/h4-5,8,10,19H,2-3,6-7H2,1H3,(H2,15,17)(H,16,18).